The number of nitrogens with zero attached hydrogens (tertiary/aromatic N) is 2. The maximum Gasteiger partial charge on any atom is 0.237 e. The Bertz CT molecular complexity index is 500. The van der Waals surface area contributed by atoms with Crippen LogP contribution in [0, 0.1) is 11.3 Å². The van der Waals surface area contributed by atoms with Gasteiger partial charge in [0.05, 0.1) is 24.6 Å². The average Bonchev–Trinajstić information content (AvgIpc) is 2.36. The minimum atomic E-state index is -0.526. The van der Waals surface area contributed by atoms with Crippen LogP contribution in [0.1, 0.15) is 25.0 Å². The van der Waals surface area contributed by atoms with E-state index in [0.29, 0.717) is 5.56 Å². The van der Waals surface area contributed by atoms with E-state index < -0.39 is 5.91 Å². The molecule has 0 spiro atoms. The molecule has 0 aliphatic carbocycles. The Balaban J connectivity index is 2.75. The van der Waals surface area contributed by atoms with Crippen molar-refractivity contribution in [1.82, 2.24) is 4.90 Å². The van der Waals surface area contributed by atoms with Gasteiger partial charge in [-0.3, -0.25) is 9.59 Å². The van der Waals surface area contributed by atoms with Crippen molar-refractivity contribution >= 4 is 11.8 Å². The maximum atomic E-state index is 12.1. The molecule has 0 radical (unpaired) electrons. The van der Waals surface area contributed by atoms with Crippen molar-refractivity contribution in [1.29, 1.82) is 5.26 Å². The van der Waals surface area contributed by atoms with E-state index in [-0.39, 0.29) is 24.9 Å². The largest absolute Gasteiger partial charge is 0.368 e. The first-order valence-electron chi connectivity index (χ1n) is 6.01. The molecular formula is C14H17N3O2. The highest BCUT2D eigenvalue weighted by Gasteiger charge is 2.18. The van der Waals surface area contributed by atoms with Crippen molar-refractivity contribution < 1.29 is 9.59 Å². The second-order valence-electron chi connectivity index (χ2n) is 4.57. The number of rotatable bonds is 5. The van der Waals surface area contributed by atoms with Crippen LogP contribution in [0.4, 0.5) is 0 Å². The van der Waals surface area contributed by atoms with Crippen molar-refractivity contribution in [3.8, 4) is 6.07 Å². The number of benzene rings is 1. The molecule has 5 nitrogen and oxygen atoms in total. The SMILES string of the molecule is CC(C)N(CC(N)=O)C(=O)Cc1ccc(C#N)cc1. The molecular weight excluding hydrogens is 242 g/mol. The van der Waals surface area contributed by atoms with Gasteiger partial charge in [0, 0.05) is 6.04 Å². The van der Waals surface area contributed by atoms with Gasteiger partial charge in [-0.2, -0.15) is 5.26 Å². The molecule has 0 aliphatic rings. The summed E-state index contributed by atoms with van der Waals surface area (Å²) in [5.41, 5.74) is 6.49. The summed E-state index contributed by atoms with van der Waals surface area (Å²) in [5.74, 6) is -0.680. The zero-order valence-corrected chi connectivity index (χ0v) is 11.1. The first-order valence-corrected chi connectivity index (χ1v) is 6.01. The standard InChI is InChI=1S/C14H17N3O2/c1-10(2)17(9-13(16)18)14(19)7-11-3-5-12(8-15)6-4-11/h3-6,10H,7,9H2,1-2H3,(H2,16,18). The van der Waals surface area contributed by atoms with Gasteiger partial charge >= 0.3 is 0 Å². The van der Waals surface area contributed by atoms with Gasteiger partial charge in [0.15, 0.2) is 0 Å². The number of hydrogen-bond acceptors (Lipinski definition) is 3. The fraction of sp³-hybridized carbons (Fsp3) is 0.357. The Morgan fingerprint density at radius 1 is 1.32 bits per heavy atom. The molecule has 0 saturated heterocycles. The van der Waals surface area contributed by atoms with Crippen LogP contribution >= 0.6 is 0 Å². The molecule has 2 N–H and O–H groups in total. The minimum Gasteiger partial charge on any atom is -0.368 e. The molecule has 0 aromatic heterocycles. The van der Waals surface area contributed by atoms with Crippen LogP contribution in [0.25, 0.3) is 0 Å². The Hall–Kier alpha value is -2.35. The number of nitrogens with two attached hydrogens (primary N) is 1. The van der Waals surface area contributed by atoms with Crippen LogP contribution < -0.4 is 5.73 Å². The molecule has 0 fully saturated rings. The second kappa shape index (κ2) is 6.55. The first kappa shape index (κ1) is 14.7. The Kier molecular flexibility index (Phi) is 5.07. The Labute approximate surface area is 112 Å². The zero-order valence-electron chi connectivity index (χ0n) is 11.1. The number of nitriles is 1. The van der Waals surface area contributed by atoms with Gasteiger partial charge in [0.25, 0.3) is 0 Å². The predicted octanol–water partition coefficient (Wildman–Crippen LogP) is 0.823. The van der Waals surface area contributed by atoms with Gasteiger partial charge in [0.1, 0.15) is 0 Å². The van der Waals surface area contributed by atoms with E-state index in [1.54, 1.807) is 24.3 Å². The summed E-state index contributed by atoms with van der Waals surface area (Å²) in [4.78, 5) is 24.5. The summed E-state index contributed by atoms with van der Waals surface area (Å²) in [6.07, 6.45) is 0.192. The molecule has 0 atom stereocenters. The van der Waals surface area contributed by atoms with E-state index in [9.17, 15) is 9.59 Å². The lowest BCUT2D eigenvalue weighted by Crippen LogP contribution is -2.43. The lowest BCUT2D eigenvalue weighted by Gasteiger charge is -2.25. The summed E-state index contributed by atoms with van der Waals surface area (Å²) in [6.45, 7) is 3.59. The number of hydrogen-bond donors (Lipinski definition) is 1. The Morgan fingerprint density at radius 2 is 1.89 bits per heavy atom. The highest BCUT2D eigenvalue weighted by molar-refractivity contribution is 5.85. The molecule has 0 saturated carbocycles. The molecule has 19 heavy (non-hydrogen) atoms. The summed E-state index contributed by atoms with van der Waals surface area (Å²) < 4.78 is 0. The molecule has 2 amide bonds. The summed E-state index contributed by atoms with van der Waals surface area (Å²) in [5, 5.41) is 8.69. The van der Waals surface area contributed by atoms with Crippen molar-refractivity contribution in [3.63, 3.8) is 0 Å². The van der Waals surface area contributed by atoms with E-state index in [2.05, 4.69) is 0 Å². The highest BCUT2D eigenvalue weighted by Crippen LogP contribution is 2.08. The van der Waals surface area contributed by atoms with Crippen LogP contribution in [-0.2, 0) is 16.0 Å². The lowest BCUT2D eigenvalue weighted by molar-refractivity contribution is -0.136. The molecule has 100 valence electrons. The monoisotopic (exact) mass is 259 g/mol. The molecule has 0 bridgehead atoms. The maximum absolute atomic E-state index is 12.1. The molecule has 0 heterocycles. The smallest absolute Gasteiger partial charge is 0.237 e. The van der Waals surface area contributed by atoms with Gasteiger partial charge in [-0.25, -0.2) is 0 Å². The van der Waals surface area contributed by atoms with Crippen molar-refractivity contribution in [2.45, 2.75) is 26.3 Å². The Morgan fingerprint density at radius 3 is 2.32 bits per heavy atom. The molecule has 1 aromatic rings. The van der Waals surface area contributed by atoms with Crippen LogP contribution in [0.15, 0.2) is 24.3 Å². The number of carbonyl (C=O) groups is 2. The summed E-state index contributed by atoms with van der Waals surface area (Å²) in [6, 6.07) is 8.73. The van der Waals surface area contributed by atoms with Gasteiger partial charge in [-0.1, -0.05) is 12.1 Å². The third kappa shape index (κ3) is 4.43. The van der Waals surface area contributed by atoms with Crippen molar-refractivity contribution in [3.05, 3.63) is 35.4 Å². The van der Waals surface area contributed by atoms with E-state index in [4.69, 9.17) is 11.0 Å². The highest BCUT2D eigenvalue weighted by atomic mass is 16.2. The quantitative estimate of drug-likeness (QED) is 0.849. The van der Waals surface area contributed by atoms with Gasteiger partial charge in [-0.15, -0.1) is 0 Å². The van der Waals surface area contributed by atoms with E-state index in [1.165, 1.54) is 4.90 Å². The van der Waals surface area contributed by atoms with Crippen LogP contribution in [0.5, 0.6) is 0 Å². The number of primary amides is 1. The number of carbonyl (C=O) groups excluding carboxylic acids is 2. The fourth-order valence-electron chi connectivity index (χ4n) is 1.70. The molecule has 1 aromatic carbocycles. The topological polar surface area (TPSA) is 87.2 Å². The van der Waals surface area contributed by atoms with Crippen LogP contribution in [0.2, 0.25) is 0 Å². The molecule has 0 aliphatic heterocycles. The van der Waals surface area contributed by atoms with Crippen LogP contribution in [0.3, 0.4) is 0 Å². The second-order valence-corrected chi connectivity index (χ2v) is 4.57. The van der Waals surface area contributed by atoms with Crippen LogP contribution in [-0.4, -0.2) is 29.3 Å². The van der Waals surface area contributed by atoms with E-state index >= 15 is 0 Å². The molecule has 1 rings (SSSR count). The van der Waals surface area contributed by atoms with Crippen molar-refractivity contribution in [2.75, 3.05) is 6.54 Å². The lowest BCUT2D eigenvalue weighted by atomic mass is 10.1. The average molecular weight is 259 g/mol. The normalized spacial score (nSPS) is 10.0. The van der Waals surface area contributed by atoms with Gasteiger partial charge in [0.2, 0.25) is 11.8 Å². The summed E-state index contributed by atoms with van der Waals surface area (Å²) in [7, 11) is 0. The zero-order chi connectivity index (χ0) is 14.4. The fourth-order valence-corrected chi connectivity index (χ4v) is 1.70. The molecule has 5 heteroatoms. The van der Waals surface area contributed by atoms with Gasteiger partial charge in [-0.05, 0) is 31.5 Å². The number of amides is 2. The van der Waals surface area contributed by atoms with E-state index in [1.807, 2.05) is 19.9 Å². The van der Waals surface area contributed by atoms with Crippen molar-refractivity contribution in [2.24, 2.45) is 5.73 Å². The van der Waals surface area contributed by atoms with Gasteiger partial charge < -0.3 is 10.6 Å². The molecule has 0 unspecified atom stereocenters. The van der Waals surface area contributed by atoms with E-state index in [0.717, 1.165) is 5.56 Å². The summed E-state index contributed by atoms with van der Waals surface area (Å²) >= 11 is 0. The minimum absolute atomic E-state index is 0.0766. The predicted molar refractivity (Wildman–Crippen MR) is 70.9 cm³/mol. The third-order valence-electron chi connectivity index (χ3n) is 2.71. The first-order chi connectivity index (χ1) is 8.93. The third-order valence-corrected chi connectivity index (χ3v) is 2.71.